The Labute approximate surface area is 292 Å². The Morgan fingerprint density at radius 1 is 0.333 bits per heavy atom. The number of fused-ring (bicyclic) bond motifs is 9. The molecule has 238 valence electrons. The summed E-state index contributed by atoms with van der Waals surface area (Å²) in [7, 11) is 0. The van der Waals surface area contributed by atoms with E-state index in [9.17, 15) is 0 Å². The van der Waals surface area contributed by atoms with Crippen molar-refractivity contribution in [1.82, 2.24) is 23.7 Å². The Hall–Kier alpha value is -6.98. The van der Waals surface area contributed by atoms with E-state index in [4.69, 9.17) is 0 Å². The van der Waals surface area contributed by atoms with Crippen molar-refractivity contribution < 1.29 is 0 Å². The van der Waals surface area contributed by atoms with Crippen molar-refractivity contribution in [3.63, 3.8) is 0 Å². The molecule has 0 fully saturated rings. The minimum absolute atomic E-state index is 0.908. The summed E-state index contributed by atoms with van der Waals surface area (Å²) in [5, 5.41) is 7.43. The highest BCUT2D eigenvalue weighted by Crippen LogP contribution is 2.39. The first-order valence-corrected chi connectivity index (χ1v) is 17.2. The quantitative estimate of drug-likeness (QED) is 0.190. The Balaban J connectivity index is 1.20. The summed E-state index contributed by atoms with van der Waals surface area (Å²) in [6.45, 7) is 0. The van der Waals surface area contributed by atoms with Gasteiger partial charge in [0, 0.05) is 61.1 Å². The van der Waals surface area contributed by atoms with Gasteiger partial charge in [0.05, 0.1) is 38.8 Å². The monoisotopic (exact) mass is 651 g/mol. The normalized spacial score (nSPS) is 11.9. The fourth-order valence-electron chi connectivity index (χ4n) is 8.20. The number of para-hydroxylation sites is 4. The number of benzene rings is 7. The molecule has 0 aliphatic rings. The SMILES string of the molecule is c1ccc2c(c1)c1ccccc1n2-c1ccc2c(c1)c1cc(-n3c4ccccc4c4ccccc43)ccc1n2-c1ccc(-c2ccncn2)cc1. The number of hydrogen-bond acceptors (Lipinski definition) is 2. The van der Waals surface area contributed by atoms with Crippen LogP contribution in [0.15, 0.2) is 176 Å². The van der Waals surface area contributed by atoms with Crippen LogP contribution in [0.25, 0.3) is 93.7 Å². The highest BCUT2D eigenvalue weighted by molar-refractivity contribution is 6.14. The molecule has 7 aromatic carbocycles. The summed E-state index contributed by atoms with van der Waals surface area (Å²) < 4.78 is 7.20. The number of hydrogen-bond donors (Lipinski definition) is 0. The highest BCUT2D eigenvalue weighted by atomic mass is 15.0. The first kappa shape index (κ1) is 27.9. The molecule has 0 unspecified atom stereocenters. The smallest absolute Gasteiger partial charge is 0.116 e. The molecule has 0 saturated carbocycles. The van der Waals surface area contributed by atoms with Crippen LogP contribution >= 0.6 is 0 Å². The number of nitrogens with zero attached hydrogens (tertiary/aromatic N) is 5. The van der Waals surface area contributed by atoms with Gasteiger partial charge in [-0.3, -0.25) is 0 Å². The van der Waals surface area contributed by atoms with Crippen LogP contribution in [0.3, 0.4) is 0 Å². The van der Waals surface area contributed by atoms with Gasteiger partial charge in [-0.1, -0.05) is 84.9 Å². The first-order valence-electron chi connectivity index (χ1n) is 17.2. The lowest BCUT2D eigenvalue weighted by molar-refractivity contribution is 1.15. The third kappa shape index (κ3) is 4.09. The maximum atomic E-state index is 4.47. The van der Waals surface area contributed by atoms with Gasteiger partial charge in [0.25, 0.3) is 0 Å². The summed E-state index contributed by atoms with van der Waals surface area (Å²) in [6.07, 6.45) is 3.38. The molecular weight excluding hydrogens is 623 g/mol. The van der Waals surface area contributed by atoms with E-state index in [-0.39, 0.29) is 0 Å². The zero-order chi connectivity index (χ0) is 33.5. The molecule has 4 aromatic heterocycles. The fraction of sp³-hybridized carbons (Fsp3) is 0. The van der Waals surface area contributed by atoms with E-state index < -0.39 is 0 Å². The van der Waals surface area contributed by atoms with Crippen molar-refractivity contribution >= 4 is 65.4 Å². The van der Waals surface area contributed by atoms with Crippen LogP contribution in [-0.2, 0) is 0 Å². The largest absolute Gasteiger partial charge is 0.309 e. The molecule has 0 N–H and O–H groups in total. The molecule has 0 amide bonds. The van der Waals surface area contributed by atoms with Gasteiger partial charge < -0.3 is 13.7 Å². The van der Waals surface area contributed by atoms with Gasteiger partial charge in [0.2, 0.25) is 0 Å². The molecule has 0 atom stereocenters. The predicted molar refractivity (Wildman–Crippen MR) is 210 cm³/mol. The zero-order valence-corrected chi connectivity index (χ0v) is 27.5. The van der Waals surface area contributed by atoms with E-state index in [1.807, 2.05) is 6.07 Å². The van der Waals surface area contributed by atoms with E-state index in [1.165, 1.54) is 54.4 Å². The Kier molecular flexibility index (Phi) is 5.89. The average Bonchev–Trinajstić information content (AvgIpc) is 3.83. The van der Waals surface area contributed by atoms with Crippen LogP contribution < -0.4 is 0 Å². The minimum Gasteiger partial charge on any atom is -0.309 e. The van der Waals surface area contributed by atoms with Crippen LogP contribution in [0.4, 0.5) is 0 Å². The molecule has 4 heterocycles. The highest BCUT2D eigenvalue weighted by Gasteiger charge is 2.19. The van der Waals surface area contributed by atoms with Crippen LogP contribution in [-0.4, -0.2) is 23.7 Å². The van der Waals surface area contributed by atoms with Gasteiger partial charge in [-0.15, -0.1) is 0 Å². The van der Waals surface area contributed by atoms with Crippen LogP contribution in [0.5, 0.6) is 0 Å². The topological polar surface area (TPSA) is 40.6 Å². The van der Waals surface area contributed by atoms with E-state index in [1.54, 1.807) is 12.5 Å². The second-order valence-electron chi connectivity index (χ2n) is 13.1. The van der Waals surface area contributed by atoms with Crippen molar-refractivity contribution in [2.45, 2.75) is 0 Å². The second-order valence-corrected chi connectivity index (χ2v) is 13.1. The molecular formula is C46H29N5. The van der Waals surface area contributed by atoms with Crippen molar-refractivity contribution in [2.75, 3.05) is 0 Å². The number of aromatic nitrogens is 5. The molecule has 0 spiro atoms. The molecule has 11 aromatic rings. The van der Waals surface area contributed by atoms with Gasteiger partial charge in [0.1, 0.15) is 6.33 Å². The van der Waals surface area contributed by atoms with E-state index >= 15 is 0 Å². The lowest BCUT2D eigenvalue weighted by Gasteiger charge is -2.11. The lowest BCUT2D eigenvalue weighted by atomic mass is 10.1. The van der Waals surface area contributed by atoms with Crippen LogP contribution in [0.2, 0.25) is 0 Å². The molecule has 11 rings (SSSR count). The molecule has 5 nitrogen and oxygen atoms in total. The third-order valence-corrected chi connectivity index (χ3v) is 10.4. The Bertz CT molecular complexity index is 2850. The maximum Gasteiger partial charge on any atom is 0.116 e. The Morgan fingerprint density at radius 2 is 0.725 bits per heavy atom. The standard InChI is InChI=1S/C46H29N5/c1-5-13-41-34(9-1)35-10-2-6-14-42(35)50(41)32-21-23-45-38(27-32)39-28-33(51-43-15-7-3-11-36(43)37-12-4-8-16-44(37)51)22-24-46(39)49(45)31-19-17-30(18-20-31)40-25-26-47-29-48-40/h1-29H. The van der Waals surface area contributed by atoms with Gasteiger partial charge in [-0.05, 0) is 78.9 Å². The predicted octanol–water partition coefficient (Wildman–Crippen LogP) is 11.4. The average molecular weight is 652 g/mol. The summed E-state index contributed by atoms with van der Waals surface area (Å²) in [6, 6.07) is 59.3. The fourth-order valence-corrected chi connectivity index (χ4v) is 8.20. The third-order valence-electron chi connectivity index (χ3n) is 10.4. The zero-order valence-electron chi connectivity index (χ0n) is 27.5. The molecule has 51 heavy (non-hydrogen) atoms. The molecule has 0 radical (unpaired) electrons. The molecule has 0 aliphatic heterocycles. The van der Waals surface area contributed by atoms with Crippen molar-refractivity contribution in [3.05, 3.63) is 176 Å². The van der Waals surface area contributed by atoms with Crippen LogP contribution in [0, 0.1) is 0 Å². The Morgan fingerprint density at radius 3 is 1.16 bits per heavy atom. The second kappa shape index (κ2) is 10.8. The molecule has 0 aliphatic carbocycles. The van der Waals surface area contributed by atoms with Gasteiger partial charge in [-0.2, -0.15) is 0 Å². The van der Waals surface area contributed by atoms with Crippen molar-refractivity contribution in [1.29, 1.82) is 0 Å². The first-order chi connectivity index (χ1) is 25.3. The summed E-state index contributed by atoms with van der Waals surface area (Å²) in [5.74, 6) is 0. The molecule has 0 bridgehead atoms. The van der Waals surface area contributed by atoms with E-state index in [0.717, 1.165) is 39.4 Å². The summed E-state index contributed by atoms with van der Waals surface area (Å²) >= 11 is 0. The van der Waals surface area contributed by atoms with E-state index in [2.05, 4.69) is 181 Å². The maximum absolute atomic E-state index is 4.47. The lowest BCUT2D eigenvalue weighted by Crippen LogP contribution is -1.96. The van der Waals surface area contributed by atoms with Crippen molar-refractivity contribution in [2.24, 2.45) is 0 Å². The summed E-state index contributed by atoms with van der Waals surface area (Å²) in [5.41, 5.74) is 12.5. The van der Waals surface area contributed by atoms with Gasteiger partial charge in [0.15, 0.2) is 0 Å². The minimum atomic E-state index is 0.908. The van der Waals surface area contributed by atoms with Crippen LogP contribution in [0.1, 0.15) is 0 Å². The number of rotatable bonds is 4. The molecule has 5 heteroatoms. The molecule has 0 saturated heterocycles. The van der Waals surface area contributed by atoms with Gasteiger partial charge in [-0.25, -0.2) is 9.97 Å². The van der Waals surface area contributed by atoms with Gasteiger partial charge >= 0.3 is 0 Å². The summed E-state index contributed by atoms with van der Waals surface area (Å²) in [4.78, 5) is 8.57. The van der Waals surface area contributed by atoms with Crippen molar-refractivity contribution in [3.8, 4) is 28.3 Å². The van der Waals surface area contributed by atoms with E-state index in [0.29, 0.717) is 0 Å².